The summed E-state index contributed by atoms with van der Waals surface area (Å²) in [5.74, 6) is -3.77. The topological polar surface area (TPSA) is 87.7 Å². The summed E-state index contributed by atoms with van der Waals surface area (Å²) in [6, 6.07) is 0.599. The Kier molecular flexibility index (Phi) is 4.04. The highest BCUT2D eigenvalue weighted by Crippen LogP contribution is 2.19. The van der Waals surface area contributed by atoms with Crippen molar-refractivity contribution in [3.63, 3.8) is 0 Å². The fourth-order valence-corrected chi connectivity index (χ4v) is 2.66. The van der Waals surface area contributed by atoms with Crippen molar-refractivity contribution >= 4 is 10.0 Å². The van der Waals surface area contributed by atoms with Gasteiger partial charge in [0.15, 0.2) is 4.90 Å². The van der Waals surface area contributed by atoms with Crippen LogP contribution in [0.25, 0.3) is 0 Å². The van der Waals surface area contributed by atoms with Crippen LogP contribution in [0.3, 0.4) is 0 Å². The van der Waals surface area contributed by atoms with Crippen molar-refractivity contribution in [1.29, 1.82) is 0 Å². The van der Waals surface area contributed by atoms with Crippen LogP contribution in [0.2, 0.25) is 0 Å². The monoisotopic (exact) mass is 306 g/mol. The Balaban J connectivity index is 2.14. The molecule has 2 aromatic rings. The Hall–Kier alpha value is -1.94. The molecule has 0 saturated heterocycles. The third-order valence-electron chi connectivity index (χ3n) is 2.35. The van der Waals surface area contributed by atoms with Gasteiger partial charge < -0.3 is 0 Å². The van der Waals surface area contributed by atoms with Gasteiger partial charge in [-0.25, -0.2) is 31.3 Å². The second-order valence-electron chi connectivity index (χ2n) is 3.78. The largest absolute Gasteiger partial charge is 0.263 e. The van der Waals surface area contributed by atoms with E-state index in [0.717, 1.165) is 0 Å². The van der Waals surface area contributed by atoms with E-state index < -0.39 is 32.4 Å². The molecule has 1 aromatic carbocycles. The maximum absolute atomic E-state index is 13.4. The molecular weight excluding hydrogens is 297 g/mol. The van der Waals surface area contributed by atoms with Crippen LogP contribution in [0.15, 0.2) is 23.4 Å². The maximum Gasteiger partial charge on any atom is 0.246 e. The van der Waals surface area contributed by atoms with Gasteiger partial charge in [0.25, 0.3) is 0 Å². The minimum absolute atomic E-state index is 0.145. The number of nitrogens with one attached hydrogen (secondary N) is 2. The standard InChI is InChI=1S/C10H9F3N4O2S/c11-6-3-7(12)10(8(13)4-6)20(18,19)16-2-1-9-14-5-15-17-9/h3-5,16H,1-2H2,(H,14,15,17). The van der Waals surface area contributed by atoms with Crippen molar-refractivity contribution in [3.05, 3.63) is 41.7 Å². The lowest BCUT2D eigenvalue weighted by atomic mass is 10.3. The second-order valence-corrected chi connectivity index (χ2v) is 5.48. The van der Waals surface area contributed by atoms with Gasteiger partial charge in [0, 0.05) is 25.1 Å². The van der Waals surface area contributed by atoms with Crippen molar-refractivity contribution in [3.8, 4) is 0 Å². The Labute approximate surface area is 112 Å². The third-order valence-corrected chi connectivity index (χ3v) is 3.86. The van der Waals surface area contributed by atoms with Crippen LogP contribution in [-0.2, 0) is 16.4 Å². The fourth-order valence-electron chi connectivity index (χ4n) is 1.51. The van der Waals surface area contributed by atoms with Crippen LogP contribution in [0.5, 0.6) is 0 Å². The molecule has 0 amide bonds. The SMILES string of the molecule is O=S(=O)(NCCc1ncn[nH]1)c1c(F)cc(F)cc1F. The van der Waals surface area contributed by atoms with Crippen LogP contribution < -0.4 is 4.72 Å². The highest BCUT2D eigenvalue weighted by Gasteiger charge is 2.24. The zero-order chi connectivity index (χ0) is 14.8. The Morgan fingerprint density at radius 1 is 1.20 bits per heavy atom. The average Bonchev–Trinajstić information content (AvgIpc) is 2.79. The minimum atomic E-state index is -4.42. The smallest absolute Gasteiger partial charge is 0.246 e. The van der Waals surface area contributed by atoms with Gasteiger partial charge in [-0.2, -0.15) is 5.10 Å². The first kappa shape index (κ1) is 14.5. The number of hydrogen-bond donors (Lipinski definition) is 2. The number of hydrogen-bond acceptors (Lipinski definition) is 4. The summed E-state index contributed by atoms with van der Waals surface area (Å²) in [6.07, 6.45) is 1.40. The minimum Gasteiger partial charge on any atom is -0.263 e. The molecule has 2 rings (SSSR count). The van der Waals surface area contributed by atoms with E-state index in [2.05, 4.69) is 15.2 Å². The Bertz CT molecular complexity index is 680. The van der Waals surface area contributed by atoms with E-state index in [9.17, 15) is 21.6 Å². The molecule has 0 aliphatic carbocycles. The van der Waals surface area contributed by atoms with E-state index in [1.807, 2.05) is 4.72 Å². The van der Waals surface area contributed by atoms with Gasteiger partial charge in [-0.05, 0) is 0 Å². The number of halogens is 3. The lowest BCUT2D eigenvalue weighted by molar-refractivity contribution is 0.494. The number of benzene rings is 1. The summed E-state index contributed by atoms with van der Waals surface area (Å²) in [5.41, 5.74) is 0. The molecule has 2 N–H and O–H groups in total. The molecule has 0 atom stereocenters. The van der Waals surface area contributed by atoms with E-state index in [-0.39, 0.29) is 13.0 Å². The second kappa shape index (κ2) is 5.59. The molecule has 0 fully saturated rings. The van der Waals surface area contributed by atoms with Crippen LogP contribution in [0.4, 0.5) is 13.2 Å². The molecule has 0 bridgehead atoms. The number of nitrogens with zero attached hydrogens (tertiary/aromatic N) is 2. The first-order chi connectivity index (χ1) is 9.40. The van der Waals surface area contributed by atoms with Gasteiger partial charge in [0.2, 0.25) is 10.0 Å². The molecule has 1 heterocycles. The summed E-state index contributed by atoms with van der Waals surface area (Å²) >= 11 is 0. The average molecular weight is 306 g/mol. The predicted molar refractivity (Wildman–Crippen MR) is 61.6 cm³/mol. The van der Waals surface area contributed by atoms with Crippen molar-refractivity contribution in [2.24, 2.45) is 0 Å². The quantitative estimate of drug-likeness (QED) is 0.853. The maximum atomic E-state index is 13.4. The summed E-state index contributed by atoms with van der Waals surface area (Å²) < 4.78 is 65.0. The normalized spacial score (nSPS) is 11.8. The number of aromatic nitrogens is 3. The molecule has 20 heavy (non-hydrogen) atoms. The summed E-state index contributed by atoms with van der Waals surface area (Å²) in [7, 11) is -4.42. The van der Waals surface area contributed by atoms with E-state index in [1.54, 1.807) is 0 Å². The number of aromatic amines is 1. The van der Waals surface area contributed by atoms with Crippen molar-refractivity contribution in [2.75, 3.05) is 6.54 Å². The number of sulfonamides is 1. The van der Waals surface area contributed by atoms with Crippen LogP contribution in [-0.4, -0.2) is 30.1 Å². The molecule has 1 aromatic heterocycles. The first-order valence-electron chi connectivity index (χ1n) is 5.38. The van der Waals surface area contributed by atoms with Gasteiger partial charge in [-0.3, -0.25) is 5.10 Å². The van der Waals surface area contributed by atoms with Crippen molar-refractivity contribution in [2.45, 2.75) is 11.3 Å². The summed E-state index contributed by atoms with van der Waals surface area (Å²) in [5, 5.41) is 6.06. The lowest BCUT2D eigenvalue weighted by Crippen LogP contribution is -2.28. The molecule has 0 radical (unpaired) electrons. The van der Waals surface area contributed by atoms with Gasteiger partial charge in [-0.1, -0.05) is 0 Å². The molecular formula is C10H9F3N4O2S. The van der Waals surface area contributed by atoms with Gasteiger partial charge in [0.1, 0.15) is 29.6 Å². The first-order valence-corrected chi connectivity index (χ1v) is 6.87. The van der Waals surface area contributed by atoms with E-state index >= 15 is 0 Å². The third kappa shape index (κ3) is 3.14. The molecule has 0 saturated carbocycles. The van der Waals surface area contributed by atoms with Crippen LogP contribution in [0, 0.1) is 17.5 Å². The summed E-state index contributed by atoms with van der Waals surface area (Å²) in [4.78, 5) is 2.54. The Morgan fingerprint density at radius 3 is 2.40 bits per heavy atom. The highest BCUT2D eigenvalue weighted by molar-refractivity contribution is 7.89. The van der Waals surface area contributed by atoms with Gasteiger partial charge in [-0.15, -0.1) is 0 Å². The highest BCUT2D eigenvalue weighted by atomic mass is 32.2. The van der Waals surface area contributed by atoms with Crippen LogP contribution >= 0.6 is 0 Å². The van der Waals surface area contributed by atoms with E-state index in [1.165, 1.54) is 6.33 Å². The molecule has 108 valence electrons. The molecule has 0 aliphatic rings. The molecule has 0 aliphatic heterocycles. The Morgan fingerprint density at radius 2 is 1.85 bits per heavy atom. The fraction of sp³-hybridized carbons (Fsp3) is 0.200. The molecule has 0 spiro atoms. The lowest BCUT2D eigenvalue weighted by Gasteiger charge is -2.08. The summed E-state index contributed by atoms with van der Waals surface area (Å²) in [6.45, 7) is -0.145. The van der Waals surface area contributed by atoms with Gasteiger partial charge >= 0.3 is 0 Å². The van der Waals surface area contributed by atoms with E-state index in [0.29, 0.717) is 18.0 Å². The number of H-pyrrole nitrogens is 1. The number of rotatable bonds is 5. The zero-order valence-corrected chi connectivity index (χ0v) is 10.7. The molecule has 6 nitrogen and oxygen atoms in total. The predicted octanol–water partition coefficient (Wildman–Crippen LogP) is 0.743. The van der Waals surface area contributed by atoms with Crippen LogP contribution in [0.1, 0.15) is 5.82 Å². The van der Waals surface area contributed by atoms with Crippen molar-refractivity contribution in [1.82, 2.24) is 19.9 Å². The van der Waals surface area contributed by atoms with Gasteiger partial charge in [0.05, 0.1) is 0 Å². The van der Waals surface area contributed by atoms with Crippen molar-refractivity contribution < 1.29 is 21.6 Å². The van der Waals surface area contributed by atoms with E-state index in [4.69, 9.17) is 0 Å². The molecule has 0 unspecified atom stereocenters. The zero-order valence-electron chi connectivity index (χ0n) is 9.90. The molecule has 10 heteroatoms.